The average molecular weight is 264 g/mol. The molecule has 0 saturated carbocycles. The maximum Gasteiger partial charge on any atom is 0.0376 e. The molecule has 1 heterocycles. The summed E-state index contributed by atoms with van der Waals surface area (Å²) >= 11 is 1.94. The Balaban J connectivity index is 1.91. The highest BCUT2D eigenvalue weighted by Crippen LogP contribution is 2.31. The van der Waals surface area contributed by atoms with Crippen molar-refractivity contribution in [1.82, 2.24) is 4.90 Å². The molecule has 1 aromatic carbocycles. The molecule has 0 radical (unpaired) electrons. The largest absolute Gasteiger partial charge is 0.384 e. The number of rotatable bonds is 6. The van der Waals surface area contributed by atoms with Crippen LogP contribution in [0.5, 0.6) is 0 Å². The third kappa shape index (κ3) is 3.21. The summed E-state index contributed by atoms with van der Waals surface area (Å²) in [5, 5.41) is 3.51. The summed E-state index contributed by atoms with van der Waals surface area (Å²) in [4.78, 5) is 2.50. The minimum absolute atomic E-state index is 0.642. The Hall–Kier alpha value is -0.670. The molecule has 1 aliphatic rings. The number of para-hydroxylation sites is 1. The van der Waals surface area contributed by atoms with Crippen molar-refractivity contribution in [2.45, 2.75) is 25.3 Å². The molecule has 18 heavy (non-hydrogen) atoms. The molecule has 0 saturated heterocycles. The van der Waals surface area contributed by atoms with Crippen molar-refractivity contribution in [1.29, 1.82) is 0 Å². The molecular weight excluding hydrogens is 240 g/mol. The molecule has 0 bridgehead atoms. The van der Waals surface area contributed by atoms with E-state index in [0.717, 1.165) is 13.1 Å². The minimum atomic E-state index is 0.642. The zero-order valence-corrected chi connectivity index (χ0v) is 12.5. The van der Waals surface area contributed by atoms with Gasteiger partial charge in [0.1, 0.15) is 0 Å². The standard InChI is InChI=1S/C15H24N2S/c1-12(8-9-18-3)17(2)11-13-10-16-15-7-5-4-6-14(13)15/h4-7,12-13,16H,8-11H2,1-3H3. The van der Waals surface area contributed by atoms with E-state index < -0.39 is 0 Å². The molecule has 0 aliphatic carbocycles. The molecule has 3 heteroatoms. The molecule has 0 fully saturated rings. The molecule has 2 atom stereocenters. The maximum absolute atomic E-state index is 3.51. The van der Waals surface area contributed by atoms with E-state index in [1.807, 2.05) is 11.8 Å². The number of hydrogen-bond acceptors (Lipinski definition) is 3. The van der Waals surface area contributed by atoms with E-state index in [-0.39, 0.29) is 0 Å². The number of hydrogen-bond donors (Lipinski definition) is 1. The minimum Gasteiger partial charge on any atom is -0.384 e. The first-order valence-electron chi connectivity index (χ1n) is 6.74. The van der Waals surface area contributed by atoms with Crippen LogP contribution in [0.15, 0.2) is 24.3 Å². The Morgan fingerprint density at radius 1 is 1.44 bits per heavy atom. The number of anilines is 1. The van der Waals surface area contributed by atoms with Gasteiger partial charge in [-0.3, -0.25) is 0 Å². The molecule has 1 aromatic rings. The first kappa shape index (κ1) is 13.8. The number of thioether (sulfide) groups is 1. The van der Waals surface area contributed by atoms with Gasteiger partial charge in [0.05, 0.1) is 0 Å². The highest BCUT2D eigenvalue weighted by Gasteiger charge is 2.23. The Morgan fingerprint density at radius 2 is 2.22 bits per heavy atom. The van der Waals surface area contributed by atoms with Crippen LogP contribution in [0, 0.1) is 0 Å². The highest BCUT2D eigenvalue weighted by atomic mass is 32.2. The lowest BCUT2D eigenvalue weighted by Gasteiger charge is -2.27. The van der Waals surface area contributed by atoms with Crippen molar-refractivity contribution in [3.05, 3.63) is 29.8 Å². The summed E-state index contributed by atoms with van der Waals surface area (Å²) in [6.07, 6.45) is 3.46. The number of benzene rings is 1. The summed E-state index contributed by atoms with van der Waals surface area (Å²) in [6, 6.07) is 9.38. The van der Waals surface area contributed by atoms with Gasteiger partial charge in [0.25, 0.3) is 0 Å². The number of fused-ring (bicyclic) bond motifs is 1. The first-order chi connectivity index (χ1) is 8.72. The second-order valence-corrected chi connectivity index (χ2v) is 6.22. The van der Waals surface area contributed by atoms with Crippen LogP contribution in [-0.2, 0) is 0 Å². The van der Waals surface area contributed by atoms with E-state index >= 15 is 0 Å². The Kier molecular flexibility index (Phi) is 4.95. The molecule has 0 spiro atoms. The summed E-state index contributed by atoms with van der Waals surface area (Å²) in [6.45, 7) is 4.57. The smallest absolute Gasteiger partial charge is 0.0376 e. The van der Waals surface area contributed by atoms with E-state index in [2.05, 4.69) is 54.7 Å². The summed E-state index contributed by atoms with van der Waals surface area (Å²) in [5.41, 5.74) is 2.81. The number of nitrogens with zero attached hydrogens (tertiary/aromatic N) is 1. The van der Waals surface area contributed by atoms with Crippen LogP contribution in [0.4, 0.5) is 5.69 Å². The lowest BCUT2D eigenvalue weighted by molar-refractivity contribution is 0.242. The maximum atomic E-state index is 3.51. The fraction of sp³-hybridized carbons (Fsp3) is 0.600. The van der Waals surface area contributed by atoms with Crippen LogP contribution < -0.4 is 5.32 Å². The second kappa shape index (κ2) is 6.48. The van der Waals surface area contributed by atoms with Crippen molar-refractivity contribution in [3.63, 3.8) is 0 Å². The molecule has 100 valence electrons. The van der Waals surface area contributed by atoms with Gasteiger partial charge in [0.15, 0.2) is 0 Å². The van der Waals surface area contributed by atoms with Crippen molar-refractivity contribution in [3.8, 4) is 0 Å². The lowest BCUT2D eigenvalue weighted by atomic mass is 10.0. The Bertz CT molecular complexity index is 381. The van der Waals surface area contributed by atoms with Gasteiger partial charge in [0.2, 0.25) is 0 Å². The molecule has 1 aliphatic heterocycles. The average Bonchev–Trinajstić information content (AvgIpc) is 2.79. The zero-order chi connectivity index (χ0) is 13.0. The van der Waals surface area contributed by atoms with Gasteiger partial charge >= 0.3 is 0 Å². The molecule has 0 amide bonds. The van der Waals surface area contributed by atoms with Gasteiger partial charge in [0, 0.05) is 30.7 Å². The fourth-order valence-electron chi connectivity index (χ4n) is 2.56. The van der Waals surface area contributed by atoms with E-state index in [1.165, 1.54) is 23.4 Å². The van der Waals surface area contributed by atoms with Crippen molar-refractivity contribution < 1.29 is 0 Å². The number of nitrogens with one attached hydrogen (secondary N) is 1. The zero-order valence-electron chi connectivity index (χ0n) is 11.6. The van der Waals surface area contributed by atoms with Crippen LogP contribution in [0.3, 0.4) is 0 Å². The van der Waals surface area contributed by atoms with Crippen LogP contribution in [0.2, 0.25) is 0 Å². The molecule has 2 unspecified atom stereocenters. The van der Waals surface area contributed by atoms with Gasteiger partial charge in [-0.1, -0.05) is 18.2 Å². The van der Waals surface area contributed by atoms with E-state index in [9.17, 15) is 0 Å². The molecular formula is C15H24N2S. The molecule has 2 rings (SSSR count). The van der Waals surface area contributed by atoms with Crippen LogP contribution >= 0.6 is 11.8 Å². The van der Waals surface area contributed by atoms with Crippen molar-refractivity contribution in [2.24, 2.45) is 0 Å². The normalized spacial score (nSPS) is 19.7. The van der Waals surface area contributed by atoms with Crippen molar-refractivity contribution in [2.75, 3.05) is 37.5 Å². The summed E-state index contributed by atoms with van der Waals surface area (Å²) < 4.78 is 0. The van der Waals surface area contributed by atoms with Crippen LogP contribution in [0.25, 0.3) is 0 Å². The molecule has 1 N–H and O–H groups in total. The quantitative estimate of drug-likeness (QED) is 0.849. The third-order valence-corrected chi connectivity index (χ3v) is 4.58. The van der Waals surface area contributed by atoms with Gasteiger partial charge in [-0.15, -0.1) is 0 Å². The third-order valence-electron chi connectivity index (χ3n) is 3.94. The topological polar surface area (TPSA) is 15.3 Å². The van der Waals surface area contributed by atoms with E-state index in [4.69, 9.17) is 0 Å². The highest BCUT2D eigenvalue weighted by molar-refractivity contribution is 7.98. The second-order valence-electron chi connectivity index (χ2n) is 5.24. The molecule has 2 nitrogen and oxygen atoms in total. The van der Waals surface area contributed by atoms with Crippen molar-refractivity contribution >= 4 is 17.4 Å². The summed E-state index contributed by atoms with van der Waals surface area (Å²) in [7, 11) is 2.26. The summed E-state index contributed by atoms with van der Waals surface area (Å²) in [5.74, 6) is 1.90. The van der Waals surface area contributed by atoms with Gasteiger partial charge in [-0.2, -0.15) is 11.8 Å². The molecule has 0 aromatic heterocycles. The SMILES string of the molecule is CSCCC(C)N(C)CC1CNc2ccccc21. The van der Waals surface area contributed by atoms with Crippen LogP contribution in [-0.4, -0.2) is 43.1 Å². The van der Waals surface area contributed by atoms with Gasteiger partial charge < -0.3 is 10.2 Å². The first-order valence-corrected chi connectivity index (χ1v) is 8.13. The Labute approximate surface area is 115 Å². The Morgan fingerprint density at radius 3 is 3.00 bits per heavy atom. The van der Waals surface area contributed by atoms with Crippen LogP contribution in [0.1, 0.15) is 24.8 Å². The van der Waals surface area contributed by atoms with Gasteiger partial charge in [-0.05, 0) is 44.0 Å². The fourth-order valence-corrected chi connectivity index (χ4v) is 3.13. The number of likely N-dealkylation sites (N-methyl/N-ethyl adjacent to an activating group) is 1. The predicted molar refractivity (Wildman–Crippen MR) is 82.8 cm³/mol. The van der Waals surface area contributed by atoms with E-state index in [1.54, 1.807) is 0 Å². The lowest BCUT2D eigenvalue weighted by Crippen LogP contribution is -2.33. The predicted octanol–water partition coefficient (Wildman–Crippen LogP) is 3.27. The van der Waals surface area contributed by atoms with Gasteiger partial charge in [-0.25, -0.2) is 0 Å². The monoisotopic (exact) mass is 264 g/mol. The van der Waals surface area contributed by atoms with E-state index in [0.29, 0.717) is 12.0 Å².